The molecule has 0 aliphatic carbocycles. The van der Waals surface area contributed by atoms with Gasteiger partial charge in [0.2, 0.25) is 0 Å². The second-order valence-electron chi connectivity index (χ2n) is 13.3. The van der Waals surface area contributed by atoms with Crippen LogP contribution >= 0.6 is 11.6 Å². The average molecular weight is 657 g/mol. The molecule has 1 aliphatic rings. The molecule has 47 heavy (non-hydrogen) atoms. The fourth-order valence-corrected chi connectivity index (χ4v) is 6.19. The molecule has 9 heteroatoms. The number of anilines is 1. The lowest BCUT2D eigenvalue weighted by Gasteiger charge is -2.39. The third kappa shape index (κ3) is 9.73. The molecular weight excluding hydrogens is 608 g/mol. The summed E-state index contributed by atoms with van der Waals surface area (Å²) in [4.78, 5) is 30.3. The lowest BCUT2D eigenvalue weighted by molar-refractivity contribution is -0.145. The van der Waals surface area contributed by atoms with E-state index in [1.165, 1.54) is 16.7 Å². The number of nitrogens with one attached hydrogen (secondary N) is 1. The van der Waals surface area contributed by atoms with E-state index < -0.39 is 6.04 Å². The van der Waals surface area contributed by atoms with Gasteiger partial charge in [0, 0.05) is 36.6 Å². The summed E-state index contributed by atoms with van der Waals surface area (Å²) in [6, 6.07) is 24.8. The van der Waals surface area contributed by atoms with Crippen molar-refractivity contribution in [1.82, 2.24) is 24.7 Å². The topological polar surface area (TPSA) is 73.8 Å². The number of nitrogens with zero attached hydrogens (tertiary/aromatic N) is 5. The van der Waals surface area contributed by atoms with Crippen LogP contribution in [0.3, 0.4) is 0 Å². The third-order valence-electron chi connectivity index (χ3n) is 8.62. The van der Waals surface area contributed by atoms with Gasteiger partial charge < -0.3 is 15.0 Å². The number of para-hydroxylation sites is 1. The van der Waals surface area contributed by atoms with Gasteiger partial charge in [0.1, 0.15) is 17.7 Å². The van der Waals surface area contributed by atoms with Crippen LogP contribution in [0.4, 0.5) is 5.82 Å². The van der Waals surface area contributed by atoms with Crippen LogP contribution in [0, 0.1) is 12.8 Å². The Kier molecular flexibility index (Phi) is 12.2. The zero-order valence-electron chi connectivity index (χ0n) is 28.5. The first kappa shape index (κ1) is 34.8. The predicted molar refractivity (Wildman–Crippen MR) is 192 cm³/mol. The fraction of sp³-hybridized carbons (Fsp3) is 0.447. The number of aryl methyl sites for hydroxylation is 1. The number of halogens is 1. The molecule has 0 amide bonds. The third-order valence-corrected chi connectivity index (χ3v) is 8.87. The Hall–Kier alpha value is -3.56. The van der Waals surface area contributed by atoms with Gasteiger partial charge in [-0.25, -0.2) is 14.8 Å². The van der Waals surface area contributed by atoms with E-state index in [-0.39, 0.29) is 17.9 Å². The van der Waals surface area contributed by atoms with E-state index in [4.69, 9.17) is 26.3 Å². The molecule has 4 aromatic rings. The summed E-state index contributed by atoms with van der Waals surface area (Å²) >= 11 is 6.25. The molecule has 1 unspecified atom stereocenters. The Morgan fingerprint density at radius 1 is 0.936 bits per heavy atom. The van der Waals surface area contributed by atoms with Gasteiger partial charge in [-0.15, -0.1) is 0 Å². The molecule has 1 aromatic heterocycles. The molecule has 1 saturated heterocycles. The van der Waals surface area contributed by atoms with Crippen LogP contribution in [0.2, 0.25) is 5.02 Å². The molecule has 1 N–H and O–H groups in total. The smallest absolute Gasteiger partial charge is 0.328 e. The summed E-state index contributed by atoms with van der Waals surface area (Å²) < 4.78 is 5.69. The van der Waals surface area contributed by atoms with Gasteiger partial charge in [0.25, 0.3) is 0 Å². The molecule has 0 radical (unpaired) electrons. The van der Waals surface area contributed by atoms with E-state index in [0.29, 0.717) is 25.4 Å². The standard InChI is InChI=1S/C38H49ClN6O2/c1-27(2)26-47-38(46)34(11-8-20-43(4)5)41-37-32-9-6-7-10-33(32)40-35(42-37)25-44-21-23-45(24-22-44)36(29-14-12-28(3)13-15-29)30-16-18-31(39)19-17-30/h6-7,9-10,12-19,27,34,36H,8,11,20-26H2,1-5H3,(H,40,41,42)/t34-,36?/m0/s1. The van der Waals surface area contributed by atoms with E-state index in [2.05, 4.69) is 63.3 Å². The van der Waals surface area contributed by atoms with Crippen LogP contribution in [0.5, 0.6) is 0 Å². The zero-order valence-corrected chi connectivity index (χ0v) is 29.2. The van der Waals surface area contributed by atoms with E-state index >= 15 is 0 Å². The van der Waals surface area contributed by atoms with Crippen molar-refractivity contribution in [2.75, 3.05) is 58.7 Å². The Morgan fingerprint density at radius 3 is 2.26 bits per heavy atom. The lowest BCUT2D eigenvalue weighted by Crippen LogP contribution is -2.47. The zero-order chi connectivity index (χ0) is 33.3. The van der Waals surface area contributed by atoms with Crippen LogP contribution in [0.25, 0.3) is 10.9 Å². The fourth-order valence-electron chi connectivity index (χ4n) is 6.07. The van der Waals surface area contributed by atoms with Crippen molar-refractivity contribution in [3.05, 3.63) is 100 Å². The minimum atomic E-state index is -0.491. The normalized spacial score (nSPS) is 15.7. The second kappa shape index (κ2) is 16.5. The maximum absolute atomic E-state index is 13.2. The summed E-state index contributed by atoms with van der Waals surface area (Å²) in [5.41, 5.74) is 4.65. The Bertz CT molecular complexity index is 1540. The molecule has 2 heterocycles. The Labute approximate surface area is 285 Å². The molecule has 0 bridgehead atoms. The quantitative estimate of drug-likeness (QED) is 0.148. The lowest BCUT2D eigenvalue weighted by atomic mass is 9.95. The van der Waals surface area contributed by atoms with E-state index in [1.54, 1.807) is 0 Å². The van der Waals surface area contributed by atoms with Crippen molar-refractivity contribution in [3.8, 4) is 0 Å². The molecule has 1 aliphatic heterocycles. The van der Waals surface area contributed by atoms with Crippen LogP contribution in [-0.4, -0.2) is 90.1 Å². The van der Waals surface area contributed by atoms with E-state index in [1.807, 2.05) is 64.3 Å². The van der Waals surface area contributed by atoms with Gasteiger partial charge in [-0.1, -0.05) is 79.5 Å². The van der Waals surface area contributed by atoms with Gasteiger partial charge in [-0.3, -0.25) is 9.80 Å². The molecule has 5 rings (SSSR count). The average Bonchev–Trinajstić information content (AvgIpc) is 3.05. The highest BCUT2D eigenvalue weighted by atomic mass is 35.5. The highest BCUT2D eigenvalue weighted by molar-refractivity contribution is 6.30. The molecule has 2 atom stereocenters. The van der Waals surface area contributed by atoms with Crippen molar-refractivity contribution >= 4 is 34.3 Å². The van der Waals surface area contributed by atoms with Crippen LogP contribution < -0.4 is 5.32 Å². The SMILES string of the molecule is Cc1ccc(C(c2ccc(Cl)cc2)N2CCN(Cc3nc(N[C@@H](CCCN(C)C)C(=O)OCC(C)C)c4ccccc4n3)CC2)cc1. The van der Waals surface area contributed by atoms with E-state index in [9.17, 15) is 4.79 Å². The number of rotatable bonds is 14. The largest absolute Gasteiger partial charge is 0.464 e. The van der Waals surface area contributed by atoms with Crippen molar-refractivity contribution < 1.29 is 9.53 Å². The first-order chi connectivity index (χ1) is 22.7. The monoisotopic (exact) mass is 656 g/mol. The molecule has 8 nitrogen and oxygen atoms in total. The summed E-state index contributed by atoms with van der Waals surface area (Å²) in [6.07, 6.45) is 1.52. The summed E-state index contributed by atoms with van der Waals surface area (Å²) in [5, 5.41) is 5.13. The number of carbonyl (C=O) groups excluding carboxylic acids is 1. The van der Waals surface area contributed by atoms with Crippen LogP contribution in [0.1, 0.15) is 55.2 Å². The number of ether oxygens (including phenoxy) is 1. The minimum absolute atomic E-state index is 0.155. The molecule has 0 spiro atoms. The molecule has 3 aromatic carbocycles. The molecule has 0 saturated carbocycles. The summed E-state index contributed by atoms with van der Waals surface area (Å²) in [5.74, 6) is 1.46. The van der Waals surface area contributed by atoms with Crippen molar-refractivity contribution in [1.29, 1.82) is 0 Å². The highest BCUT2D eigenvalue weighted by Gasteiger charge is 2.28. The first-order valence-corrected chi connectivity index (χ1v) is 17.2. The summed E-state index contributed by atoms with van der Waals surface area (Å²) in [6.45, 7) is 11.7. The number of esters is 1. The Morgan fingerprint density at radius 2 is 1.60 bits per heavy atom. The minimum Gasteiger partial charge on any atom is -0.464 e. The first-order valence-electron chi connectivity index (χ1n) is 16.8. The van der Waals surface area contributed by atoms with Gasteiger partial charge in [-0.2, -0.15) is 0 Å². The number of fused-ring (bicyclic) bond motifs is 1. The molecular formula is C38H49ClN6O2. The molecule has 1 fully saturated rings. The van der Waals surface area contributed by atoms with Crippen LogP contribution in [0.15, 0.2) is 72.8 Å². The molecule has 250 valence electrons. The Balaban J connectivity index is 1.32. The van der Waals surface area contributed by atoms with Crippen molar-refractivity contribution in [3.63, 3.8) is 0 Å². The van der Waals surface area contributed by atoms with Crippen molar-refractivity contribution in [2.24, 2.45) is 5.92 Å². The number of piperazine rings is 1. The predicted octanol–water partition coefficient (Wildman–Crippen LogP) is 6.82. The highest BCUT2D eigenvalue weighted by Crippen LogP contribution is 2.31. The number of benzene rings is 3. The maximum Gasteiger partial charge on any atom is 0.328 e. The number of hydrogen-bond acceptors (Lipinski definition) is 8. The summed E-state index contributed by atoms with van der Waals surface area (Å²) in [7, 11) is 4.09. The van der Waals surface area contributed by atoms with Crippen LogP contribution in [-0.2, 0) is 16.1 Å². The van der Waals surface area contributed by atoms with Gasteiger partial charge in [0.15, 0.2) is 0 Å². The van der Waals surface area contributed by atoms with Crippen molar-refractivity contribution in [2.45, 2.75) is 52.2 Å². The number of carbonyl (C=O) groups is 1. The van der Waals surface area contributed by atoms with Gasteiger partial charge in [-0.05, 0) is 81.7 Å². The maximum atomic E-state index is 13.2. The second-order valence-corrected chi connectivity index (χ2v) is 13.8. The number of hydrogen-bond donors (Lipinski definition) is 1. The van der Waals surface area contributed by atoms with Gasteiger partial charge >= 0.3 is 5.97 Å². The van der Waals surface area contributed by atoms with Gasteiger partial charge in [0.05, 0.1) is 24.7 Å². The van der Waals surface area contributed by atoms with E-state index in [0.717, 1.165) is 60.9 Å². The number of aromatic nitrogens is 2.